The Morgan fingerprint density at radius 1 is 1.17 bits per heavy atom. The zero-order valence-corrected chi connectivity index (χ0v) is 13.8. The van der Waals surface area contributed by atoms with Gasteiger partial charge >= 0.3 is 6.03 Å². The highest BCUT2D eigenvalue weighted by Gasteiger charge is 2.44. The summed E-state index contributed by atoms with van der Waals surface area (Å²) in [5, 5.41) is 2.82. The van der Waals surface area contributed by atoms with Gasteiger partial charge in [-0.3, -0.25) is 4.90 Å². The molecule has 1 saturated heterocycles. The largest absolute Gasteiger partial charge is 0.481 e. The Bertz CT molecular complexity index is 911. The van der Waals surface area contributed by atoms with E-state index in [1.807, 2.05) is 30.3 Å². The number of fused-ring (bicyclic) bond motifs is 3. The standard InChI is InChI=1S/C17H16N2O4S/c1-24(21,22)12-7-8-15-13(9-12)19-14(10-18-17(19)20)16(23-15)11-5-3-2-4-6-11/h2-9,14,16H,10H2,1H3,(H,18,20). The van der Waals surface area contributed by atoms with Crippen LogP contribution in [0.25, 0.3) is 0 Å². The Kier molecular flexibility index (Phi) is 3.28. The van der Waals surface area contributed by atoms with E-state index in [1.54, 1.807) is 11.0 Å². The molecule has 7 heteroatoms. The van der Waals surface area contributed by atoms with Crippen molar-refractivity contribution >= 4 is 21.6 Å². The van der Waals surface area contributed by atoms with Gasteiger partial charge in [-0.1, -0.05) is 30.3 Å². The molecule has 0 radical (unpaired) electrons. The van der Waals surface area contributed by atoms with E-state index in [-0.39, 0.29) is 23.1 Å². The lowest BCUT2D eigenvalue weighted by Crippen LogP contribution is -2.43. The second-order valence-electron chi connectivity index (χ2n) is 5.97. The second-order valence-corrected chi connectivity index (χ2v) is 7.99. The molecular formula is C17H16N2O4S. The molecule has 2 unspecified atom stereocenters. The number of anilines is 1. The van der Waals surface area contributed by atoms with Crippen molar-refractivity contribution in [2.24, 2.45) is 0 Å². The lowest BCUT2D eigenvalue weighted by atomic mass is 9.99. The Morgan fingerprint density at radius 2 is 1.92 bits per heavy atom. The molecule has 0 saturated carbocycles. The van der Waals surface area contributed by atoms with Crippen LogP contribution in [0.3, 0.4) is 0 Å². The Hall–Kier alpha value is -2.54. The van der Waals surface area contributed by atoms with Crippen molar-refractivity contribution < 1.29 is 17.9 Å². The molecule has 1 N–H and O–H groups in total. The Balaban J connectivity index is 1.84. The third-order valence-corrected chi connectivity index (χ3v) is 5.47. The number of carbonyl (C=O) groups is 1. The second kappa shape index (κ2) is 5.24. The molecule has 124 valence electrons. The SMILES string of the molecule is CS(=O)(=O)c1ccc2c(c1)N1C(=O)NCC1C(c1ccccc1)O2. The summed E-state index contributed by atoms with van der Waals surface area (Å²) in [6, 6.07) is 13.9. The zero-order valence-electron chi connectivity index (χ0n) is 13.0. The molecular weight excluding hydrogens is 328 g/mol. The fourth-order valence-electron chi connectivity index (χ4n) is 3.21. The van der Waals surface area contributed by atoms with Gasteiger partial charge in [0, 0.05) is 12.8 Å². The van der Waals surface area contributed by atoms with Crippen molar-refractivity contribution in [1.82, 2.24) is 5.32 Å². The van der Waals surface area contributed by atoms with Crippen molar-refractivity contribution in [2.45, 2.75) is 17.0 Å². The number of urea groups is 1. The van der Waals surface area contributed by atoms with E-state index in [9.17, 15) is 13.2 Å². The highest BCUT2D eigenvalue weighted by Crippen LogP contribution is 2.44. The molecule has 4 rings (SSSR count). The van der Waals surface area contributed by atoms with E-state index in [0.29, 0.717) is 18.0 Å². The predicted octanol–water partition coefficient (Wildman–Crippen LogP) is 2.12. The van der Waals surface area contributed by atoms with Crippen molar-refractivity contribution in [3.05, 3.63) is 54.1 Å². The number of hydrogen-bond acceptors (Lipinski definition) is 4. The van der Waals surface area contributed by atoms with Gasteiger partial charge in [0.1, 0.15) is 11.9 Å². The molecule has 0 aromatic heterocycles. The van der Waals surface area contributed by atoms with Crippen LogP contribution in [0.1, 0.15) is 11.7 Å². The summed E-state index contributed by atoms with van der Waals surface area (Å²) in [5.41, 5.74) is 1.46. The van der Waals surface area contributed by atoms with Crippen molar-refractivity contribution in [3.8, 4) is 5.75 Å². The normalized spacial score (nSPS) is 22.4. The maximum Gasteiger partial charge on any atom is 0.322 e. The van der Waals surface area contributed by atoms with Gasteiger partial charge in [0.05, 0.1) is 16.6 Å². The Labute approximate surface area is 140 Å². The average molecular weight is 344 g/mol. The first kappa shape index (κ1) is 15.0. The number of amides is 2. The highest BCUT2D eigenvalue weighted by atomic mass is 32.2. The van der Waals surface area contributed by atoms with E-state index < -0.39 is 9.84 Å². The molecule has 6 nitrogen and oxygen atoms in total. The van der Waals surface area contributed by atoms with Gasteiger partial charge in [0.2, 0.25) is 0 Å². The van der Waals surface area contributed by atoms with Gasteiger partial charge in [0.15, 0.2) is 9.84 Å². The maximum absolute atomic E-state index is 12.3. The molecule has 2 aliphatic rings. The number of hydrogen-bond donors (Lipinski definition) is 1. The third-order valence-electron chi connectivity index (χ3n) is 4.36. The number of carbonyl (C=O) groups excluding carboxylic acids is 1. The lowest BCUT2D eigenvalue weighted by Gasteiger charge is -2.37. The molecule has 0 bridgehead atoms. The molecule has 0 spiro atoms. The summed E-state index contributed by atoms with van der Waals surface area (Å²) in [4.78, 5) is 14.1. The number of benzene rings is 2. The molecule has 0 aliphatic carbocycles. The van der Waals surface area contributed by atoms with Gasteiger partial charge in [-0.25, -0.2) is 13.2 Å². The number of nitrogens with one attached hydrogen (secondary N) is 1. The van der Waals surface area contributed by atoms with E-state index >= 15 is 0 Å². The van der Waals surface area contributed by atoms with Crippen molar-refractivity contribution in [2.75, 3.05) is 17.7 Å². The average Bonchev–Trinajstić information content (AvgIpc) is 2.96. The van der Waals surface area contributed by atoms with Gasteiger partial charge in [0.25, 0.3) is 0 Å². The minimum Gasteiger partial charge on any atom is -0.481 e. The van der Waals surface area contributed by atoms with Crippen LogP contribution in [0, 0.1) is 0 Å². The van der Waals surface area contributed by atoms with Gasteiger partial charge in [-0.05, 0) is 23.8 Å². The van der Waals surface area contributed by atoms with Crippen LogP contribution < -0.4 is 15.0 Å². The molecule has 24 heavy (non-hydrogen) atoms. The molecule has 2 aliphatic heterocycles. The Morgan fingerprint density at radius 3 is 2.62 bits per heavy atom. The zero-order chi connectivity index (χ0) is 16.9. The smallest absolute Gasteiger partial charge is 0.322 e. The quantitative estimate of drug-likeness (QED) is 0.905. The number of sulfone groups is 1. The summed E-state index contributed by atoms with van der Waals surface area (Å²) in [5.74, 6) is 0.504. The summed E-state index contributed by atoms with van der Waals surface area (Å²) in [7, 11) is -3.36. The van der Waals surface area contributed by atoms with E-state index in [2.05, 4.69) is 5.32 Å². The predicted molar refractivity (Wildman–Crippen MR) is 89.0 cm³/mol. The van der Waals surface area contributed by atoms with E-state index in [4.69, 9.17) is 4.74 Å². The minimum absolute atomic E-state index is 0.168. The van der Waals surface area contributed by atoms with Crippen LogP contribution in [0.4, 0.5) is 10.5 Å². The van der Waals surface area contributed by atoms with Gasteiger partial charge < -0.3 is 10.1 Å². The summed E-state index contributed by atoms with van der Waals surface area (Å²) >= 11 is 0. The van der Waals surface area contributed by atoms with Crippen LogP contribution in [0.15, 0.2) is 53.4 Å². The fraction of sp³-hybridized carbons (Fsp3) is 0.235. The first-order chi connectivity index (χ1) is 11.4. The minimum atomic E-state index is -3.36. The third kappa shape index (κ3) is 2.32. The van der Waals surface area contributed by atoms with Gasteiger partial charge in [-0.15, -0.1) is 0 Å². The fourth-order valence-corrected chi connectivity index (χ4v) is 3.85. The van der Waals surface area contributed by atoms with E-state index in [0.717, 1.165) is 11.8 Å². The van der Waals surface area contributed by atoms with Crippen molar-refractivity contribution in [1.29, 1.82) is 0 Å². The summed E-state index contributed by atoms with van der Waals surface area (Å²) in [6.45, 7) is 0.445. The molecule has 2 aromatic rings. The topological polar surface area (TPSA) is 75.7 Å². The molecule has 2 amide bonds. The van der Waals surface area contributed by atoms with Crippen LogP contribution in [0.5, 0.6) is 5.75 Å². The van der Waals surface area contributed by atoms with Crippen LogP contribution in [0.2, 0.25) is 0 Å². The monoisotopic (exact) mass is 344 g/mol. The number of nitrogens with zero attached hydrogens (tertiary/aromatic N) is 1. The molecule has 2 heterocycles. The summed E-state index contributed by atoms with van der Waals surface area (Å²) < 4.78 is 29.8. The maximum atomic E-state index is 12.3. The lowest BCUT2D eigenvalue weighted by molar-refractivity contribution is 0.165. The first-order valence-corrected chi connectivity index (χ1v) is 9.47. The molecule has 1 fully saturated rings. The van der Waals surface area contributed by atoms with Gasteiger partial charge in [-0.2, -0.15) is 0 Å². The van der Waals surface area contributed by atoms with E-state index in [1.165, 1.54) is 12.1 Å². The van der Waals surface area contributed by atoms with Crippen LogP contribution >= 0.6 is 0 Å². The molecule has 2 aromatic carbocycles. The molecule has 2 atom stereocenters. The first-order valence-electron chi connectivity index (χ1n) is 7.58. The number of rotatable bonds is 2. The van der Waals surface area contributed by atoms with Crippen LogP contribution in [-0.2, 0) is 9.84 Å². The summed E-state index contributed by atoms with van der Waals surface area (Å²) in [6.07, 6.45) is 0.842. The van der Waals surface area contributed by atoms with Crippen LogP contribution in [-0.4, -0.2) is 33.3 Å². The van der Waals surface area contributed by atoms with Crippen molar-refractivity contribution in [3.63, 3.8) is 0 Å². The highest BCUT2D eigenvalue weighted by molar-refractivity contribution is 7.90. The number of ether oxygens (including phenoxy) is 1.